The summed E-state index contributed by atoms with van der Waals surface area (Å²) in [4.78, 5) is 12.0. The van der Waals surface area contributed by atoms with E-state index in [9.17, 15) is 18.1 Å². The van der Waals surface area contributed by atoms with Crippen LogP contribution < -0.4 is 0 Å². The van der Waals surface area contributed by atoms with Crippen LogP contribution in [0.3, 0.4) is 0 Å². The standard InChI is InChI=1S/C5H8ClNOS.4O.2Ti/c6-5(8)7-1-3-9-4-2-7;;;;;;/h1-4H2;;;;;;. The predicted molar refractivity (Wildman–Crippen MR) is 42.9 cm³/mol. The van der Waals surface area contributed by atoms with Gasteiger partial charge in [0.2, 0.25) is 0 Å². The molecule has 1 fully saturated rings. The summed E-state index contributed by atoms with van der Waals surface area (Å²) in [5, 5.41) is -3.09. The van der Waals surface area contributed by atoms with E-state index in [1.165, 1.54) is 4.90 Å². The molecule has 0 radical (unpaired) electrons. The first kappa shape index (κ1) is 13.8. The van der Waals surface area contributed by atoms with Crippen LogP contribution in [0.25, 0.3) is 0 Å². The van der Waals surface area contributed by atoms with Crippen molar-refractivity contribution in [3.05, 3.63) is 0 Å². The van der Waals surface area contributed by atoms with Gasteiger partial charge in [-0.05, 0) is 0 Å². The van der Waals surface area contributed by atoms with Crippen molar-refractivity contribution >= 4 is 22.2 Å². The molecule has 0 atom stereocenters. The molecule has 1 saturated heterocycles. The molecule has 1 amide bonds. The molecule has 0 saturated carbocycles. The van der Waals surface area contributed by atoms with E-state index < -0.39 is 43.6 Å². The summed E-state index contributed by atoms with van der Waals surface area (Å²) in [5.41, 5.74) is 0. The number of hydrogen-bond donors (Lipinski definition) is 0. The van der Waals surface area contributed by atoms with Gasteiger partial charge in [0.1, 0.15) is 0 Å². The van der Waals surface area contributed by atoms with Crippen molar-refractivity contribution < 1.29 is 51.1 Å². The van der Waals surface area contributed by atoms with Crippen molar-refractivity contribution in [2.24, 2.45) is 0 Å². The number of carbonyl (C=O) groups is 1. The molecule has 10 heteroatoms. The maximum atomic E-state index is 11.1. The van der Waals surface area contributed by atoms with Crippen LogP contribution in [0, 0.1) is 0 Å². The van der Waals surface area contributed by atoms with E-state index in [0.29, 0.717) is 0 Å². The second kappa shape index (κ2) is 5.38. The number of carbonyl (C=O) groups excluding carboxylic acids is 1. The second-order valence-electron chi connectivity index (χ2n) is 3.03. The van der Waals surface area contributed by atoms with Crippen LogP contribution >= 0.6 is 16.8 Å². The summed E-state index contributed by atoms with van der Waals surface area (Å²) >= 11 is -2.63. The Labute approximate surface area is 102 Å². The summed E-state index contributed by atoms with van der Waals surface area (Å²) in [5.74, 6) is 0.131. The summed E-state index contributed by atoms with van der Waals surface area (Å²) in [6.07, 6.45) is 0. The molecule has 1 aliphatic rings. The third-order valence-electron chi connectivity index (χ3n) is 2.31. The molecular formula is C5H8ClNO5STi2. The van der Waals surface area contributed by atoms with Crippen molar-refractivity contribution in [1.82, 2.24) is 4.90 Å². The van der Waals surface area contributed by atoms with Gasteiger partial charge in [-0.25, -0.2) is 0 Å². The minimum atomic E-state index is -3.92. The fourth-order valence-electron chi connectivity index (χ4n) is 1.32. The van der Waals surface area contributed by atoms with Crippen molar-refractivity contribution in [3.63, 3.8) is 0 Å². The molecule has 1 heterocycles. The monoisotopic (exact) mass is 325 g/mol. The van der Waals surface area contributed by atoms with Gasteiger partial charge in [0, 0.05) is 0 Å². The maximum absolute atomic E-state index is 11.1. The number of amides is 1. The van der Waals surface area contributed by atoms with Gasteiger partial charge in [-0.1, -0.05) is 0 Å². The number of rotatable bonds is 2. The van der Waals surface area contributed by atoms with Crippen molar-refractivity contribution in [1.29, 1.82) is 0 Å². The van der Waals surface area contributed by atoms with E-state index in [4.69, 9.17) is 11.6 Å². The normalized spacial score (nSPS) is 21.8. The summed E-state index contributed by atoms with van der Waals surface area (Å²) < 4.78 is 44.3. The molecule has 15 heavy (non-hydrogen) atoms. The van der Waals surface area contributed by atoms with Crippen LogP contribution in [0.4, 0.5) is 4.79 Å². The number of halogens is 1. The summed E-state index contributed by atoms with van der Waals surface area (Å²) in [7, 11) is 0. The van der Waals surface area contributed by atoms with E-state index in [1.807, 2.05) is 0 Å². The summed E-state index contributed by atoms with van der Waals surface area (Å²) in [6, 6.07) is 0. The molecule has 0 bridgehead atoms. The Bertz CT molecular complexity index is 372. The van der Waals surface area contributed by atoms with Crippen LogP contribution in [0.1, 0.15) is 0 Å². The van der Waals surface area contributed by atoms with Gasteiger partial charge in [-0.2, -0.15) is 0 Å². The third-order valence-corrected chi connectivity index (χ3v) is 21.8. The average molecular weight is 325 g/mol. The van der Waals surface area contributed by atoms with Crippen LogP contribution in [-0.4, -0.2) is 34.9 Å². The van der Waals surface area contributed by atoms with E-state index >= 15 is 0 Å². The zero-order valence-corrected chi connectivity index (χ0v) is 12.3. The topological polar surface area (TPSA) is 88.6 Å². The SMILES string of the molecule is O=C(Cl)N1CC[S]([Ti](=[O])=[O])([Ti](=[O])=[O])CC1. The van der Waals surface area contributed by atoms with Crippen molar-refractivity contribution in [2.45, 2.75) is 0 Å². The van der Waals surface area contributed by atoms with Gasteiger partial charge in [0.15, 0.2) is 0 Å². The molecule has 0 N–H and O–H groups in total. The molecule has 1 rings (SSSR count). The molecule has 0 unspecified atom stereocenters. The van der Waals surface area contributed by atoms with Gasteiger partial charge in [-0.3, -0.25) is 0 Å². The summed E-state index contributed by atoms with van der Waals surface area (Å²) in [6.45, 7) is 0.277. The predicted octanol–water partition coefficient (Wildman–Crippen LogP) is 0.914. The molecule has 0 aromatic heterocycles. The van der Waals surface area contributed by atoms with Crippen molar-refractivity contribution in [3.8, 4) is 0 Å². The zero-order valence-electron chi connectivity index (χ0n) is 7.60. The van der Waals surface area contributed by atoms with Gasteiger partial charge in [-0.15, -0.1) is 0 Å². The fourth-order valence-corrected chi connectivity index (χ4v) is 11.7. The minimum absolute atomic E-state index is 0.0656. The van der Waals surface area contributed by atoms with E-state index in [0.717, 1.165) is 0 Å². The van der Waals surface area contributed by atoms with E-state index in [2.05, 4.69) is 0 Å². The van der Waals surface area contributed by atoms with Gasteiger partial charge in [0.05, 0.1) is 0 Å². The van der Waals surface area contributed by atoms with Gasteiger partial charge >= 0.3 is 103 Å². The average Bonchev–Trinajstić information content (AvgIpc) is 2.17. The Hall–Kier alpha value is 0.739. The van der Waals surface area contributed by atoms with Crippen LogP contribution in [0.15, 0.2) is 0 Å². The van der Waals surface area contributed by atoms with Crippen molar-refractivity contribution in [2.75, 3.05) is 24.6 Å². The van der Waals surface area contributed by atoms with Crippen LogP contribution in [0.2, 0.25) is 0 Å². The van der Waals surface area contributed by atoms with Crippen LogP contribution in [0.5, 0.6) is 0 Å². The van der Waals surface area contributed by atoms with E-state index in [1.54, 1.807) is 0 Å². The molecule has 0 spiro atoms. The number of nitrogens with zero attached hydrogens (tertiary/aromatic N) is 1. The quantitative estimate of drug-likeness (QED) is 0.428. The third kappa shape index (κ3) is 2.90. The Morgan fingerprint density at radius 1 is 1.07 bits per heavy atom. The molecule has 0 aromatic carbocycles. The molecule has 6 nitrogen and oxygen atoms in total. The Kier molecular flexibility index (Phi) is 4.95. The number of hydrogen-bond acceptors (Lipinski definition) is 5. The Morgan fingerprint density at radius 3 is 1.73 bits per heavy atom. The zero-order chi connectivity index (χ0) is 11.6. The molecular weight excluding hydrogens is 317 g/mol. The first-order valence-corrected chi connectivity index (χ1v) is 12.8. The first-order chi connectivity index (χ1) is 6.90. The molecule has 1 aliphatic heterocycles. The van der Waals surface area contributed by atoms with Gasteiger partial charge in [0.25, 0.3) is 0 Å². The van der Waals surface area contributed by atoms with Crippen LogP contribution in [-0.2, 0) is 46.3 Å². The Balaban J connectivity index is 2.88. The van der Waals surface area contributed by atoms with E-state index in [-0.39, 0.29) is 24.6 Å². The fraction of sp³-hybridized carbons (Fsp3) is 0.800. The second-order valence-corrected chi connectivity index (χ2v) is 20.6. The Morgan fingerprint density at radius 2 is 1.47 bits per heavy atom. The molecule has 0 aromatic rings. The first-order valence-electron chi connectivity index (χ1n) is 4.05. The molecule has 84 valence electrons. The van der Waals surface area contributed by atoms with Gasteiger partial charge < -0.3 is 0 Å². The molecule has 0 aliphatic carbocycles.